The summed E-state index contributed by atoms with van der Waals surface area (Å²) in [6, 6.07) is 14.5. The van der Waals surface area contributed by atoms with Gasteiger partial charge in [-0.2, -0.15) is 4.31 Å². The van der Waals surface area contributed by atoms with Crippen molar-refractivity contribution < 1.29 is 12.8 Å². The minimum absolute atomic E-state index is 0.0575. The third kappa shape index (κ3) is 5.61. The third-order valence-corrected chi connectivity index (χ3v) is 6.88. The number of aryl methyl sites for hydroxylation is 2. The van der Waals surface area contributed by atoms with E-state index in [1.54, 1.807) is 10.4 Å². The highest BCUT2D eigenvalue weighted by Crippen LogP contribution is 2.15. The van der Waals surface area contributed by atoms with Crippen LogP contribution in [0.1, 0.15) is 23.1 Å². The average Bonchev–Trinajstić information content (AvgIpc) is 2.63. The second-order valence-corrected chi connectivity index (χ2v) is 9.15. The van der Waals surface area contributed by atoms with Gasteiger partial charge >= 0.3 is 0 Å². The van der Waals surface area contributed by atoms with Crippen LogP contribution >= 0.6 is 0 Å². The van der Waals surface area contributed by atoms with Crippen molar-refractivity contribution in [2.45, 2.75) is 25.5 Å². The van der Waals surface area contributed by atoms with Gasteiger partial charge in [-0.1, -0.05) is 48.0 Å². The van der Waals surface area contributed by atoms with E-state index in [4.69, 9.17) is 0 Å². The molecule has 0 N–H and O–H groups in total. The Balaban J connectivity index is 1.46. The van der Waals surface area contributed by atoms with Crippen LogP contribution in [0, 0.1) is 12.7 Å². The fourth-order valence-corrected chi connectivity index (χ4v) is 5.03. The monoisotopic (exact) mass is 390 g/mol. The van der Waals surface area contributed by atoms with E-state index in [1.165, 1.54) is 6.07 Å². The second kappa shape index (κ2) is 8.95. The van der Waals surface area contributed by atoms with Crippen LogP contribution in [0.15, 0.2) is 48.5 Å². The van der Waals surface area contributed by atoms with E-state index in [9.17, 15) is 12.8 Å². The van der Waals surface area contributed by atoms with Crippen LogP contribution in [0.2, 0.25) is 0 Å². The largest absolute Gasteiger partial charge is 0.301 e. The molecule has 4 nitrogen and oxygen atoms in total. The van der Waals surface area contributed by atoms with Crippen molar-refractivity contribution in [2.24, 2.45) is 0 Å². The number of benzene rings is 2. The first-order chi connectivity index (χ1) is 12.9. The molecule has 0 amide bonds. The Morgan fingerprint density at radius 3 is 2.44 bits per heavy atom. The molecule has 146 valence electrons. The minimum atomic E-state index is -3.29. The Kier molecular flexibility index (Phi) is 6.63. The maximum Gasteiger partial charge on any atom is 0.218 e. The summed E-state index contributed by atoms with van der Waals surface area (Å²) < 4.78 is 40.6. The Hall–Kier alpha value is -1.76. The molecule has 1 heterocycles. The predicted octanol–water partition coefficient (Wildman–Crippen LogP) is 3.21. The molecule has 6 heteroatoms. The van der Waals surface area contributed by atoms with Crippen molar-refractivity contribution in [3.05, 3.63) is 71.0 Å². The number of rotatable bonds is 7. The van der Waals surface area contributed by atoms with Crippen molar-refractivity contribution in [1.82, 2.24) is 9.21 Å². The maximum atomic E-state index is 13.7. The molecule has 1 aliphatic heterocycles. The highest BCUT2D eigenvalue weighted by atomic mass is 32.2. The molecule has 2 aromatic carbocycles. The topological polar surface area (TPSA) is 40.6 Å². The van der Waals surface area contributed by atoms with Gasteiger partial charge in [0.15, 0.2) is 0 Å². The first-order valence-corrected chi connectivity index (χ1v) is 11.0. The molecule has 0 spiro atoms. The standard InChI is InChI=1S/C21H27FN2O2S/c1-18-6-4-7-19(16-18)17-27(25,26)24-14-12-23(13-15-24)11-5-9-20-8-2-3-10-21(20)22/h2-4,6-8,10,16H,5,9,11-15,17H2,1H3. The van der Waals surface area contributed by atoms with Crippen LogP contribution in [-0.2, 0) is 22.2 Å². The van der Waals surface area contributed by atoms with Crippen LogP contribution in [0.3, 0.4) is 0 Å². The normalized spacial score (nSPS) is 16.5. The lowest BCUT2D eigenvalue weighted by molar-refractivity contribution is 0.186. The van der Waals surface area contributed by atoms with Crippen molar-refractivity contribution in [3.8, 4) is 0 Å². The molecule has 3 rings (SSSR count). The van der Waals surface area contributed by atoms with Gasteiger partial charge in [0, 0.05) is 26.2 Å². The molecule has 1 saturated heterocycles. The van der Waals surface area contributed by atoms with Gasteiger partial charge in [0.05, 0.1) is 5.75 Å². The van der Waals surface area contributed by atoms with Crippen molar-refractivity contribution in [3.63, 3.8) is 0 Å². The minimum Gasteiger partial charge on any atom is -0.301 e. The Morgan fingerprint density at radius 2 is 1.74 bits per heavy atom. The SMILES string of the molecule is Cc1cccc(CS(=O)(=O)N2CCN(CCCc3ccccc3F)CC2)c1. The molecule has 0 bridgehead atoms. The Bertz CT molecular complexity index is 862. The summed E-state index contributed by atoms with van der Waals surface area (Å²) in [5, 5.41) is 0. The molecule has 27 heavy (non-hydrogen) atoms. The third-order valence-electron chi connectivity index (χ3n) is 5.03. The van der Waals surface area contributed by atoms with Crippen LogP contribution in [0.5, 0.6) is 0 Å². The van der Waals surface area contributed by atoms with E-state index in [0.717, 1.165) is 42.7 Å². The molecule has 1 aliphatic rings. The lowest BCUT2D eigenvalue weighted by Gasteiger charge is -2.34. The van der Waals surface area contributed by atoms with Gasteiger partial charge in [-0.25, -0.2) is 12.8 Å². The van der Waals surface area contributed by atoms with Crippen molar-refractivity contribution in [1.29, 1.82) is 0 Å². The van der Waals surface area contributed by atoms with Gasteiger partial charge in [0.1, 0.15) is 5.82 Å². The van der Waals surface area contributed by atoms with E-state index >= 15 is 0 Å². The Labute approximate surface area is 161 Å². The molecule has 0 aliphatic carbocycles. The maximum absolute atomic E-state index is 13.7. The number of halogens is 1. The summed E-state index contributed by atoms with van der Waals surface area (Å²) in [5.74, 6) is -0.0911. The number of sulfonamides is 1. The Morgan fingerprint density at radius 1 is 1.00 bits per heavy atom. The van der Waals surface area contributed by atoms with Gasteiger partial charge < -0.3 is 4.90 Å². The zero-order chi connectivity index (χ0) is 19.3. The van der Waals surface area contributed by atoms with E-state index < -0.39 is 10.0 Å². The molecule has 0 aromatic heterocycles. The highest BCUT2D eigenvalue weighted by molar-refractivity contribution is 7.88. The summed E-state index contributed by atoms with van der Waals surface area (Å²) in [5.41, 5.74) is 2.65. The van der Waals surface area contributed by atoms with Crippen LogP contribution < -0.4 is 0 Å². The first kappa shape index (κ1) is 20.0. The highest BCUT2D eigenvalue weighted by Gasteiger charge is 2.26. The van der Waals surface area contributed by atoms with Crippen LogP contribution in [-0.4, -0.2) is 50.3 Å². The zero-order valence-electron chi connectivity index (χ0n) is 15.8. The lowest BCUT2D eigenvalue weighted by Crippen LogP contribution is -2.49. The number of hydrogen-bond acceptors (Lipinski definition) is 3. The first-order valence-electron chi connectivity index (χ1n) is 9.43. The smallest absolute Gasteiger partial charge is 0.218 e. The average molecular weight is 391 g/mol. The second-order valence-electron chi connectivity index (χ2n) is 7.18. The van der Waals surface area contributed by atoms with Gasteiger partial charge in [-0.05, 0) is 43.5 Å². The van der Waals surface area contributed by atoms with Crippen molar-refractivity contribution in [2.75, 3.05) is 32.7 Å². The fourth-order valence-electron chi connectivity index (χ4n) is 3.53. The molecule has 0 saturated carbocycles. The molecule has 0 radical (unpaired) electrons. The number of nitrogens with zero attached hydrogens (tertiary/aromatic N) is 2. The van der Waals surface area contributed by atoms with Gasteiger partial charge in [0.25, 0.3) is 0 Å². The van der Waals surface area contributed by atoms with Gasteiger partial charge in [0.2, 0.25) is 10.0 Å². The molecular formula is C21H27FN2O2S. The number of piperazine rings is 1. The zero-order valence-corrected chi connectivity index (χ0v) is 16.6. The summed E-state index contributed by atoms with van der Waals surface area (Å²) in [6.07, 6.45) is 1.58. The molecule has 2 aromatic rings. The predicted molar refractivity (Wildman–Crippen MR) is 107 cm³/mol. The number of hydrogen-bond donors (Lipinski definition) is 0. The molecule has 0 unspecified atom stereocenters. The summed E-state index contributed by atoms with van der Waals surface area (Å²) in [4.78, 5) is 2.26. The molecule has 0 atom stereocenters. The molecule has 1 fully saturated rings. The lowest BCUT2D eigenvalue weighted by atomic mass is 10.1. The fraction of sp³-hybridized carbons (Fsp3) is 0.429. The van der Waals surface area contributed by atoms with Crippen molar-refractivity contribution >= 4 is 10.0 Å². The van der Waals surface area contributed by atoms with E-state index in [1.807, 2.05) is 43.3 Å². The van der Waals surface area contributed by atoms with E-state index in [2.05, 4.69) is 4.90 Å². The quantitative estimate of drug-likeness (QED) is 0.729. The summed E-state index contributed by atoms with van der Waals surface area (Å²) in [6.45, 7) is 5.33. The van der Waals surface area contributed by atoms with Gasteiger partial charge in [-0.3, -0.25) is 0 Å². The molecular weight excluding hydrogens is 363 g/mol. The van der Waals surface area contributed by atoms with Crippen LogP contribution in [0.4, 0.5) is 4.39 Å². The summed E-state index contributed by atoms with van der Waals surface area (Å²) >= 11 is 0. The summed E-state index contributed by atoms with van der Waals surface area (Å²) in [7, 11) is -3.29. The van der Waals surface area contributed by atoms with Gasteiger partial charge in [-0.15, -0.1) is 0 Å². The van der Waals surface area contributed by atoms with E-state index in [0.29, 0.717) is 19.5 Å². The van der Waals surface area contributed by atoms with E-state index in [-0.39, 0.29) is 11.6 Å². The van der Waals surface area contributed by atoms with Crippen LogP contribution in [0.25, 0.3) is 0 Å².